The van der Waals surface area contributed by atoms with Crippen molar-refractivity contribution in [2.75, 3.05) is 5.32 Å². The van der Waals surface area contributed by atoms with E-state index >= 15 is 0 Å². The molecule has 2 aromatic rings. The highest BCUT2D eigenvalue weighted by Crippen LogP contribution is 2.18. The van der Waals surface area contributed by atoms with E-state index in [0.717, 1.165) is 12.1 Å². The molecule has 0 spiro atoms. The summed E-state index contributed by atoms with van der Waals surface area (Å²) in [5, 5.41) is 11.4. The number of hydrogen-bond donors (Lipinski definition) is 2. The van der Waals surface area contributed by atoms with Gasteiger partial charge in [-0.25, -0.2) is 8.78 Å². The van der Waals surface area contributed by atoms with Gasteiger partial charge in [0.1, 0.15) is 17.4 Å². The third-order valence-electron chi connectivity index (χ3n) is 2.95. The van der Waals surface area contributed by atoms with E-state index in [-0.39, 0.29) is 12.3 Å². The number of halogens is 2. The minimum atomic E-state index is -0.890. The van der Waals surface area contributed by atoms with Gasteiger partial charge >= 0.3 is 0 Å². The van der Waals surface area contributed by atoms with Crippen molar-refractivity contribution in [3.05, 3.63) is 59.7 Å². The van der Waals surface area contributed by atoms with Gasteiger partial charge < -0.3 is 15.2 Å². The molecule has 0 aliphatic heterocycles. The fourth-order valence-electron chi connectivity index (χ4n) is 1.80. The van der Waals surface area contributed by atoms with Gasteiger partial charge in [-0.15, -0.1) is 0 Å². The van der Waals surface area contributed by atoms with Crippen LogP contribution in [0.1, 0.15) is 12.5 Å². The first-order chi connectivity index (χ1) is 10.5. The number of amides is 1. The molecule has 0 saturated heterocycles. The molecule has 0 fully saturated rings. The number of carbonyl (C=O) groups is 1. The summed E-state index contributed by atoms with van der Waals surface area (Å²) in [4.78, 5) is 12.0. The van der Waals surface area contributed by atoms with Gasteiger partial charge in [0, 0.05) is 6.07 Å². The van der Waals surface area contributed by atoms with Crippen molar-refractivity contribution in [3.8, 4) is 5.75 Å². The minimum Gasteiger partial charge on any atom is -0.481 e. The normalized spacial score (nSPS) is 11.8. The van der Waals surface area contributed by atoms with Gasteiger partial charge in [0.05, 0.1) is 12.3 Å². The van der Waals surface area contributed by atoms with Gasteiger partial charge in [-0.2, -0.15) is 0 Å². The maximum atomic E-state index is 13.5. The van der Waals surface area contributed by atoms with Crippen LogP contribution in [0, 0.1) is 11.6 Å². The average Bonchev–Trinajstić information content (AvgIpc) is 2.50. The Morgan fingerprint density at radius 2 is 2.05 bits per heavy atom. The van der Waals surface area contributed by atoms with Crippen LogP contribution in [0.5, 0.6) is 5.75 Å². The summed E-state index contributed by atoms with van der Waals surface area (Å²) in [5.41, 5.74) is 0.528. The highest BCUT2D eigenvalue weighted by Gasteiger charge is 2.17. The lowest BCUT2D eigenvalue weighted by Crippen LogP contribution is -2.30. The molecule has 6 heteroatoms. The number of aliphatic hydroxyl groups excluding tert-OH is 1. The Morgan fingerprint density at radius 1 is 1.27 bits per heavy atom. The van der Waals surface area contributed by atoms with E-state index in [0.29, 0.717) is 17.4 Å². The Labute approximate surface area is 126 Å². The molecule has 2 rings (SSSR count). The highest BCUT2D eigenvalue weighted by atomic mass is 19.1. The molecule has 22 heavy (non-hydrogen) atoms. The number of hydrogen-bond acceptors (Lipinski definition) is 3. The average molecular weight is 307 g/mol. The number of ether oxygens (including phenoxy) is 1. The summed E-state index contributed by atoms with van der Waals surface area (Å²) >= 11 is 0. The number of benzene rings is 2. The molecular formula is C16H15F2NO3. The molecule has 1 atom stereocenters. The standard InChI is InChI=1S/C16H15F2NO3/c1-10(22-13-4-2-3-11(7-13)9-20)16(21)19-15-6-5-12(17)8-14(15)18/h2-8,10,20H,9H2,1H3,(H,19,21). The first-order valence-electron chi connectivity index (χ1n) is 6.62. The van der Waals surface area contributed by atoms with E-state index in [1.165, 1.54) is 6.92 Å². The highest BCUT2D eigenvalue weighted by molar-refractivity contribution is 5.94. The molecule has 1 unspecified atom stereocenters. The summed E-state index contributed by atoms with van der Waals surface area (Å²) in [7, 11) is 0. The van der Waals surface area contributed by atoms with Gasteiger partial charge in [-0.1, -0.05) is 12.1 Å². The SMILES string of the molecule is CC(Oc1cccc(CO)c1)C(=O)Nc1ccc(F)cc1F. The van der Waals surface area contributed by atoms with E-state index in [1.54, 1.807) is 24.3 Å². The molecule has 116 valence electrons. The van der Waals surface area contributed by atoms with E-state index < -0.39 is 23.6 Å². The minimum absolute atomic E-state index is 0.119. The molecule has 2 N–H and O–H groups in total. The Kier molecular flexibility index (Phi) is 5.06. The second kappa shape index (κ2) is 7.00. The summed E-state index contributed by atoms with van der Waals surface area (Å²) in [6.07, 6.45) is -0.890. The molecule has 0 aliphatic rings. The number of aliphatic hydroxyl groups is 1. The molecule has 1 amide bonds. The Balaban J connectivity index is 2.02. The van der Waals surface area contributed by atoms with Crippen LogP contribution in [-0.4, -0.2) is 17.1 Å². The quantitative estimate of drug-likeness (QED) is 0.893. The molecule has 0 bridgehead atoms. The smallest absolute Gasteiger partial charge is 0.265 e. The van der Waals surface area contributed by atoms with Crippen LogP contribution in [-0.2, 0) is 11.4 Å². The Bertz CT molecular complexity index is 676. The van der Waals surface area contributed by atoms with Crippen molar-refractivity contribution in [2.24, 2.45) is 0 Å². The largest absolute Gasteiger partial charge is 0.481 e. The molecule has 0 aromatic heterocycles. The monoisotopic (exact) mass is 307 g/mol. The lowest BCUT2D eigenvalue weighted by molar-refractivity contribution is -0.122. The summed E-state index contributed by atoms with van der Waals surface area (Å²) in [6, 6.07) is 9.52. The van der Waals surface area contributed by atoms with Gasteiger partial charge in [0.2, 0.25) is 0 Å². The molecule has 0 aliphatic carbocycles. The van der Waals surface area contributed by atoms with E-state index in [9.17, 15) is 13.6 Å². The molecule has 0 radical (unpaired) electrons. The first kappa shape index (κ1) is 15.9. The van der Waals surface area contributed by atoms with E-state index in [1.807, 2.05) is 0 Å². The number of nitrogens with one attached hydrogen (secondary N) is 1. The Hall–Kier alpha value is -2.47. The van der Waals surface area contributed by atoms with Crippen LogP contribution in [0.2, 0.25) is 0 Å². The van der Waals surface area contributed by atoms with Crippen LogP contribution in [0.4, 0.5) is 14.5 Å². The summed E-state index contributed by atoms with van der Waals surface area (Å²) < 4.78 is 31.7. The van der Waals surface area contributed by atoms with Crippen LogP contribution in [0.25, 0.3) is 0 Å². The van der Waals surface area contributed by atoms with Crippen molar-refractivity contribution < 1.29 is 23.4 Å². The van der Waals surface area contributed by atoms with Crippen LogP contribution < -0.4 is 10.1 Å². The van der Waals surface area contributed by atoms with E-state index in [2.05, 4.69) is 5.32 Å². The number of rotatable bonds is 5. The number of carbonyl (C=O) groups excluding carboxylic acids is 1. The van der Waals surface area contributed by atoms with Crippen LogP contribution >= 0.6 is 0 Å². The predicted octanol–water partition coefficient (Wildman–Crippen LogP) is 2.86. The maximum Gasteiger partial charge on any atom is 0.265 e. The molecule has 4 nitrogen and oxygen atoms in total. The van der Waals surface area contributed by atoms with Crippen molar-refractivity contribution >= 4 is 11.6 Å². The van der Waals surface area contributed by atoms with Crippen LogP contribution in [0.15, 0.2) is 42.5 Å². The molecule has 0 heterocycles. The summed E-state index contributed by atoms with van der Waals surface area (Å²) in [6.45, 7) is 1.36. The zero-order valence-electron chi connectivity index (χ0n) is 11.8. The van der Waals surface area contributed by atoms with Crippen molar-refractivity contribution in [1.29, 1.82) is 0 Å². The van der Waals surface area contributed by atoms with Crippen molar-refractivity contribution in [2.45, 2.75) is 19.6 Å². The van der Waals surface area contributed by atoms with Gasteiger partial charge in [-0.3, -0.25) is 4.79 Å². The fourth-order valence-corrected chi connectivity index (χ4v) is 1.80. The summed E-state index contributed by atoms with van der Waals surface area (Å²) in [5.74, 6) is -1.74. The zero-order chi connectivity index (χ0) is 16.1. The second-order valence-electron chi connectivity index (χ2n) is 4.68. The zero-order valence-corrected chi connectivity index (χ0v) is 11.8. The molecular weight excluding hydrogens is 292 g/mol. The lowest BCUT2D eigenvalue weighted by atomic mass is 10.2. The predicted molar refractivity (Wildman–Crippen MR) is 77.4 cm³/mol. The van der Waals surface area contributed by atoms with Crippen LogP contribution in [0.3, 0.4) is 0 Å². The van der Waals surface area contributed by atoms with Gasteiger partial charge in [-0.05, 0) is 36.8 Å². The third-order valence-corrected chi connectivity index (χ3v) is 2.95. The Morgan fingerprint density at radius 3 is 2.73 bits per heavy atom. The number of anilines is 1. The van der Waals surface area contributed by atoms with Gasteiger partial charge in [0.15, 0.2) is 6.10 Å². The van der Waals surface area contributed by atoms with E-state index in [4.69, 9.17) is 9.84 Å². The van der Waals surface area contributed by atoms with Gasteiger partial charge in [0.25, 0.3) is 5.91 Å². The molecule has 0 saturated carbocycles. The molecule has 2 aromatic carbocycles. The maximum absolute atomic E-state index is 13.5. The van der Waals surface area contributed by atoms with Crippen molar-refractivity contribution in [1.82, 2.24) is 0 Å². The van der Waals surface area contributed by atoms with Crippen molar-refractivity contribution in [3.63, 3.8) is 0 Å². The topological polar surface area (TPSA) is 58.6 Å². The third kappa shape index (κ3) is 4.02. The first-order valence-corrected chi connectivity index (χ1v) is 6.62. The second-order valence-corrected chi connectivity index (χ2v) is 4.68. The lowest BCUT2D eigenvalue weighted by Gasteiger charge is -2.15. The fraction of sp³-hybridized carbons (Fsp3) is 0.188.